The summed E-state index contributed by atoms with van der Waals surface area (Å²) in [6, 6.07) is 0. The first-order chi connectivity index (χ1) is 8.91. The molecule has 1 heterocycles. The summed E-state index contributed by atoms with van der Waals surface area (Å²) in [5.41, 5.74) is 0. The highest BCUT2D eigenvalue weighted by Crippen LogP contribution is 2.04. The van der Waals surface area contributed by atoms with Crippen molar-refractivity contribution >= 4 is 23.8 Å². The van der Waals surface area contributed by atoms with Gasteiger partial charge in [-0.3, -0.25) is 24.5 Å². The van der Waals surface area contributed by atoms with Gasteiger partial charge < -0.3 is 10.2 Å². The predicted octanol–water partition coefficient (Wildman–Crippen LogP) is 0.919. The molecule has 0 aromatic carbocycles. The summed E-state index contributed by atoms with van der Waals surface area (Å²) in [6.07, 6.45) is 4.03. The number of hydrogen-bond acceptors (Lipinski definition) is 4. The summed E-state index contributed by atoms with van der Waals surface area (Å²) in [6.45, 7) is 0. The molecule has 1 rings (SSSR count). The van der Waals surface area contributed by atoms with Gasteiger partial charge in [0.25, 0.3) is 0 Å². The highest BCUT2D eigenvalue weighted by atomic mass is 16.4. The number of hydrogen-bond donors (Lipinski definition) is 3. The van der Waals surface area contributed by atoms with Crippen LogP contribution in [0.1, 0.15) is 51.4 Å². The summed E-state index contributed by atoms with van der Waals surface area (Å²) in [4.78, 5) is 40.3. The van der Waals surface area contributed by atoms with E-state index in [1.54, 1.807) is 0 Å². The molecular weight excluding hydrogens is 254 g/mol. The summed E-state index contributed by atoms with van der Waals surface area (Å²) in [5, 5.41) is 18.7. The number of nitrogens with one attached hydrogen (secondary N) is 1. The molecule has 0 atom stereocenters. The molecule has 0 radical (unpaired) electrons. The average molecular weight is 273 g/mol. The number of carbonyl (C=O) groups excluding carboxylic acids is 2. The number of carbonyl (C=O) groups is 4. The minimum absolute atomic E-state index is 0.148. The van der Waals surface area contributed by atoms with Crippen molar-refractivity contribution in [3.63, 3.8) is 0 Å². The number of unbranched alkanes of at least 4 members (excludes halogenated alkanes) is 3. The first-order valence-electron chi connectivity index (χ1n) is 6.18. The monoisotopic (exact) mass is 273 g/mol. The molecule has 1 aliphatic heterocycles. The fourth-order valence-electron chi connectivity index (χ4n) is 1.41. The molecule has 1 fully saturated rings. The Morgan fingerprint density at radius 3 is 1.42 bits per heavy atom. The first-order valence-corrected chi connectivity index (χ1v) is 6.18. The zero-order chi connectivity index (χ0) is 14.7. The van der Waals surface area contributed by atoms with E-state index >= 15 is 0 Å². The molecule has 1 aliphatic rings. The Bertz CT molecular complexity index is 307. The van der Waals surface area contributed by atoms with Crippen LogP contribution in [0.2, 0.25) is 0 Å². The Morgan fingerprint density at radius 1 is 0.842 bits per heavy atom. The maximum atomic E-state index is 10.1. The lowest BCUT2D eigenvalue weighted by atomic mass is 10.1. The molecule has 7 heteroatoms. The van der Waals surface area contributed by atoms with Crippen molar-refractivity contribution < 1.29 is 29.4 Å². The van der Waals surface area contributed by atoms with Gasteiger partial charge in [-0.15, -0.1) is 0 Å². The van der Waals surface area contributed by atoms with Gasteiger partial charge in [0.15, 0.2) is 0 Å². The smallest absolute Gasteiger partial charge is 0.303 e. The quantitative estimate of drug-likeness (QED) is 0.468. The summed E-state index contributed by atoms with van der Waals surface area (Å²) in [7, 11) is 0. The molecule has 7 nitrogen and oxygen atoms in total. The fraction of sp³-hybridized carbons (Fsp3) is 0.667. The molecule has 0 aliphatic carbocycles. The topological polar surface area (TPSA) is 121 Å². The van der Waals surface area contributed by atoms with Crippen LogP contribution < -0.4 is 5.32 Å². The summed E-state index contributed by atoms with van der Waals surface area (Å²) >= 11 is 0. The zero-order valence-corrected chi connectivity index (χ0v) is 10.7. The van der Waals surface area contributed by atoms with Crippen LogP contribution in [-0.4, -0.2) is 34.0 Å². The Kier molecular flexibility index (Phi) is 9.03. The third kappa shape index (κ3) is 12.3. The molecule has 108 valence electrons. The van der Waals surface area contributed by atoms with E-state index in [1.807, 2.05) is 0 Å². The molecule has 0 aromatic rings. The van der Waals surface area contributed by atoms with E-state index in [9.17, 15) is 19.2 Å². The largest absolute Gasteiger partial charge is 0.481 e. The maximum absolute atomic E-state index is 10.1. The molecule has 0 spiro atoms. The SMILES string of the molecule is O=C(O)CCCCCCC(=O)O.O=C1CCC(=O)N1. The van der Waals surface area contributed by atoms with Gasteiger partial charge in [-0.05, 0) is 12.8 Å². The van der Waals surface area contributed by atoms with Crippen molar-refractivity contribution in [3.05, 3.63) is 0 Å². The predicted molar refractivity (Wildman–Crippen MR) is 65.4 cm³/mol. The van der Waals surface area contributed by atoms with Crippen LogP contribution in [0, 0.1) is 0 Å². The Labute approximate surface area is 111 Å². The van der Waals surface area contributed by atoms with Crippen LogP contribution in [-0.2, 0) is 19.2 Å². The molecule has 0 unspecified atom stereocenters. The standard InChI is InChI=1S/C8H14O4.C4H5NO2/c9-7(10)5-3-1-2-4-6-8(11)12;6-3-1-2-4(7)5-3/h1-6H2,(H,9,10)(H,11,12);1-2H2,(H,5,6,7). The van der Waals surface area contributed by atoms with E-state index in [4.69, 9.17) is 10.2 Å². The van der Waals surface area contributed by atoms with Crippen LogP contribution in [0.25, 0.3) is 0 Å². The molecule has 0 saturated carbocycles. The molecule has 1 saturated heterocycles. The van der Waals surface area contributed by atoms with E-state index in [2.05, 4.69) is 5.32 Å². The molecular formula is C12H19NO6. The van der Waals surface area contributed by atoms with Crippen LogP contribution >= 0.6 is 0 Å². The molecule has 0 bridgehead atoms. The van der Waals surface area contributed by atoms with Crippen molar-refractivity contribution in [2.24, 2.45) is 0 Å². The van der Waals surface area contributed by atoms with Gasteiger partial charge in [0.1, 0.15) is 0 Å². The van der Waals surface area contributed by atoms with Crippen LogP contribution in [0.3, 0.4) is 0 Å². The minimum atomic E-state index is -0.784. The number of imide groups is 1. The van der Waals surface area contributed by atoms with Gasteiger partial charge in [0, 0.05) is 25.7 Å². The van der Waals surface area contributed by atoms with E-state index in [0.29, 0.717) is 25.7 Å². The number of rotatable bonds is 7. The van der Waals surface area contributed by atoms with E-state index in [0.717, 1.165) is 12.8 Å². The second-order valence-corrected chi connectivity index (χ2v) is 4.17. The lowest BCUT2D eigenvalue weighted by Gasteiger charge is -1.96. The lowest BCUT2D eigenvalue weighted by molar-refractivity contribution is -0.138. The van der Waals surface area contributed by atoms with Gasteiger partial charge in [-0.2, -0.15) is 0 Å². The van der Waals surface area contributed by atoms with Crippen LogP contribution in [0.15, 0.2) is 0 Å². The maximum Gasteiger partial charge on any atom is 0.303 e. The third-order valence-electron chi connectivity index (χ3n) is 2.39. The summed E-state index contributed by atoms with van der Waals surface area (Å²) < 4.78 is 0. The van der Waals surface area contributed by atoms with Gasteiger partial charge >= 0.3 is 11.9 Å². The molecule has 19 heavy (non-hydrogen) atoms. The lowest BCUT2D eigenvalue weighted by Crippen LogP contribution is -2.18. The second kappa shape index (κ2) is 10.0. The van der Waals surface area contributed by atoms with E-state index in [1.165, 1.54) is 0 Å². The van der Waals surface area contributed by atoms with Crippen molar-refractivity contribution in [2.45, 2.75) is 51.4 Å². The van der Waals surface area contributed by atoms with Gasteiger partial charge in [-0.1, -0.05) is 12.8 Å². The Hall–Kier alpha value is -1.92. The van der Waals surface area contributed by atoms with Crippen molar-refractivity contribution in [3.8, 4) is 0 Å². The van der Waals surface area contributed by atoms with Gasteiger partial charge in [0.2, 0.25) is 11.8 Å². The minimum Gasteiger partial charge on any atom is -0.481 e. The van der Waals surface area contributed by atoms with Gasteiger partial charge in [0.05, 0.1) is 0 Å². The number of amides is 2. The Morgan fingerprint density at radius 2 is 1.21 bits per heavy atom. The highest BCUT2D eigenvalue weighted by Gasteiger charge is 2.15. The fourth-order valence-corrected chi connectivity index (χ4v) is 1.41. The number of aliphatic carboxylic acids is 2. The molecule has 3 N–H and O–H groups in total. The number of carboxylic acids is 2. The van der Waals surface area contributed by atoms with E-state index < -0.39 is 11.9 Å². The van der Waals surface area contributed by atoms with Crippen LogP contribution in [0.5, 0.6) is 0 Å². The second-order valence-electron chi connectivity index (χ2n) is 4.17. The first kappa shape index (κ1) is 17.1. The third-order valence-corrected chi connectivity index (χ3v) is 2.39. The zero-order valence-electron chi connectivity index (χ0n) is 10.7. The number of carboxylic acid groups (broad SMARTS) is 2. The van der Waals surface area contributed by atoms with Crippen molar-refractivity contribution in [2.75, 3.05) is 0 Å². The molecule has 0 aromatic heterocycles. The van der Waals surface area contributed by atoms with Crippen LogP contribution in [0.4, 0.5) is 0 Å². The summed E-state index contributed by atoms with van der Waals surface area (Å²) in [5.74, 6) is -1.86. The van der Waals surface area contributed by atoms with E-state index in [-0.39, 0.29) is 24.7 Å². The molecule has 2 amide bonds. The van der Waals surface area contributed by atoms with Gasteiger partial charge in [-0.25, -0.2) is 0 Å². The highest BCUT2D eigenvalue weighted by molar-refractivity contribution is 6.01. The average Bonchev–Trinajstić information content (AvgIpc) is 2.67. The normalized spacial score (nSPS) is 13.5. The van der Waals surface area contributed by atoms with Crippen molar-refractivity contribution in [1.82, 2.24) is 5.32 Å². The van der Waals surface area contributed by atoms with Crippen molar-refractivity contribution in [1.29, 1.82) is 0 Å². The Balaban J connectivity index is 0.000000388.